The maximum absolute atomic E-state index is 11.9. The van der Waals surface area contributed by atoms with Crippen LogP contribution in [0.15, 0.2) is 53.6 Å². The molecule has 0 unspecified atom stereocenters. The van der Waals surface area contributed by atoms with Gasteiger partial charge in [-0.05, 0) is 37.1 Å². The van der Waals surface area contributed by atoms with Crippen molar-refractivity contribution in [2.75, 3.05) is 18.0 Å². The summed E-state index contributed by atoms with van der Waals surface area (Å²) < 4.78 is 0. The number of anilines is 1. The second kappa shape index (κ2) is 9.31. The lowest BCUT2D eigenvalue weighted by molar-refractivity contribution is -0.384. The van der Waals surface area contributed by atoms with Crippen molar-refractivity contribution in [3.63, 3.8) is 0 Å². The van der Waals surface area contributed by atoms with Crippen LogP contribution in [0.2, 0.25) is 0 Å². The first-order chi connectivity index (χ1) is 12.5. The van der Waals surface area contributed by atoms with Crippen molar-refractivity contribution in [3.8, 4) is 0 Å². The fraction of sp³-hybridized carbons (Fsp3) is 0.263. The molecule has 0 fully saturated rings. The van der Waals surface area contributed by atoms with Gasteiger partial charge in [-0.3, -0.25) is 14.9 Å². The summed E-state index contributed by atoms with van der Waals surface area (Å²) >= 11 is 0. The summed E-state index contributed by atoms with van der Waals surface area (Å²) in [6.07, 6.45) is 1.69. The number of rotatable bonds is 8. The molecule has 26 heavy (non-hydrogen) atoms. The highest BCUT2D eigenvalue weighted by molar-refractivity contribution is 5.83. The number of hydrogen-bond acceptors (Lipinski definition) is 5. The fourth-order valence-electron chi connectivity index (χ4n) is 2.50. The number of amides is 1. The number of non-ortho nitro benzene ring substituents is 1. The average molecular weight is 354 g/mol. The Hall–Kier alpha value is -3.22. The molecule has 0 aliphatic rings. The van der Waals surface area contributed by atoms with Gasteiger partial charge in [-0.25, -0.2) is 5.43 Å². The maximum atomic E-state index is 11.9. The molecule has 2 aromatic carbocycles. The standard InChI is InChI=1S/C19H22N4O3/c1-3-22(4-2)17-9-7-16(8-10-17)14-20-21-19(24)13-15-5-11-18(12-6-15)23(25)26/h5-12,14H,3-4,13H2,1-2H3,(H,21,24)/b20-14+. The van der Waals surface area contributed by atoms with Crippen LogP contribution in [0.1, 0.15) is 25.0 Å². The molecule has 0 saturated carbocycles. The first-order valence-corrected chi connectivity index (χ1v) is 8.43. The Kier molecular flexibility index (Phi) is 6.84. The lowest BCUT2D eigenvalue weighted by Crippen LogP contribution is -2.21. The predicted octanol–water partition coefficient (Wildman–Crippen LogP) is 3.13. The van der Waals surface area contributed by atoms with Gasteiger partial charge in [-0.15, -0.1) is 0 Å². The Bertz CT molecular complexity index is 766. The number of carbonyl (C=O) groups excluding carboxylic acids is 1. The van der Waals surface area contributed by atoms with Gasteiger partial charge in [0.1, 0.15) is 0 Å². The maximum Gasteiger partial charge on any atom is 0.269 e. The minimum atomic E-state index is -0.473. The Morgan fingerprint density at radius 2 is 1.73 bits per heavy atom. The molecule has 0 radical (unpaired) electrons. The molecule has 0 heterocycles. The molecule has 0 saturated heterocycles. The quantitative estimate of drug-likeness (QED) is 0.448. The monoisotopic (exact) mass is 354 g/mol. The van der Waals surface area contributed by atoms with Gasteiger partial charge in [-0.1, -0.05) is 24.3 Å². The van der Waals surface area contributed by atoms with E-state index >= 15 is 0 Å². The Balaban J connectivity index is 1.87. The van der Waals surface area contributed by atoms with E-state index < -0.39 is 4.92 Å². The number of carbonyl (C=O) groups is 1. The van der Waals surface area contributed by atoms with Gasteiger partial charge in [0.25, 0.3) is 5.69 Å². The van der Waals surface area contributed by atoms with Crippen LogP contribution in [0.4, 0.5) is 11.4 Å². The Morgan fingerprint density at radius 1 is 1.12 bits per heavy atom. The first kappa shape index (κ1) is 19.1. The van der Waals surface area contributed by atoms with E-state index in [1.54, 1.807) is 18.3 Å². The van der Waals surface area contributed by atoms with Crippen LogP contribution in [0.3, 0.4) is 0 Å². The number of nitrogens with zero attached hydrogens (tertiary/aromatic N) is 3. The Labute approximate surface area is 152 Å². The van der Waals surface area contributed by atoms with E-state index in [2.05, 4.69) is 29.3 Å². The van der Waals surface area contributed by atoms with Crippen molar-refractivity contribution >= 4 is 23.5 Å². The van der Waals surface area contributed by atoms with Gasteiger partial charge in [0, 0.05) is 30.9 Å². The summed E-state index contributed by atoms with van der Waals surface area (Å²) in [5.74, 6) is -0.283. The summed E-state index contributed by atoms with van der Waals surface area (Å²) in [6, 6.07) is 13.8. The van der Waals surface area contributed by atoms with E-state index in [1.165, 1.54) is 12.1 Å². The van der Waals surface area contributed by atoms with E-state index in [-0.39, 0.29) is 18.0 Å². The average Bonchev–Trinajstić information content (AvgIpc) is 2.64. The third kappa shape index (κ3) is 5.41. The molecular formula is C19H22N4O3. The number of hydrazone groups is 1. The molecule has 2 aromatic rings. The predicted molar refractivity (Wildman–Crippen MR) is 103 cm³/mol. The molecule has 2 rings (SSSR count). The van der Waals surface area contributed by atoms with Crippen LogP contribution in [0, 0.1) is 10.1 Å². The summed E-state index contributed by atoms with van der Waals surface area (Å²) in [6.45, 7) is 6.12. The van der Waals surface area contributed by atoms with Crippen LogP contribution < -0.4 is 10.3 Å². The minimum Gasteiger partial charge on any atom is -0.372 e. The normalized spacial score (nSPS) is 10.7. The van der Waals surface area contributed by atoms with Crippen LogP contribution in [0.25, 0.3) is 0 Å². The lowest BCUT2D eigenvalue weighted by Gasteiger charge is -2.20. The van der Waals surface area contributed by atoms with Gasteiger partial charge < -0.3 is 4.90 Å². The number of benzene rings is 2. The SMILES string of the molecule is CCN(CC)c1ccc(/C=N/NC(=O)Cc2ccc([N+](=O)[O-])cc2)cc1. The van der Waals surface area contributed by atoms with Gasteiger partial charge in [-0.2, -0.15) is 5.10 Å². The third-order valence-electron chi connectivity index (χ3n) is 3.94. The molecule has 7 nitrogen and oxygen atoms in total. The zero-order valence-electron chi connectivity index (χ0n) is 14.9. The molecule has 1 amide bonds. The van der Waals surface area contributed by atoms with Crippen LogP contribution >= 0.6 is 0 Å². The number of nitrogens with one attached hydrogen (secondary N) is 1. The van der Waals surface area contributed by atoms with Crippen LogP contribution in [-0.2, 0) is 11.2 Å². The Morgan fingerprint density at radius 3 is 2.27 bits per heavy atom. The number of hydrogen-bond donors (Lipinski definition) is 1. The molecule has 0 aromatic heterocycles. The van der Waals surface area contributed by atoms with Crippen molar-refractivity contribution in [1.29, 1.82) is 0 Å². The first-order valence-electron chi connectivity index (χ1n) is 8.43. The molecule has 0 atom stereocenters. The number of nitro groups is 1. The van der Waals surface area contributed by atoms with E-state index in [1.807, 2.05) is 24.3 Å². The zero-order valence-corrected chi connectivity index (χ0v) is 14.9. The van der Waals surface area contributed by atoms with Crippen molar-refractivity contribution in [3.05, 3.63) is 69.8 Å². The lowest BCUT2D eigenvalue weighted by atomic mass is 10.1. The second-order valence-corrected chi connectivity index (χ2v) is 5.66. The molecule has 136 valence electrons. The van der Waals surface area contributed by atoms with E-state index in [4.69, 9.17) is 0 Å². The topological polar surface area (TPSA) is 87.8 Å². The summed E-state index contributed by atoms with van der Waals surface area (Å²) in [5.41, 5.74) is 5.18. The summed E-state index contributed by atoms with van der Waals surface area (Å²) in [5, 5.41) is 14.6. The highest BCUT2D eigenvalue weighted by Crippen LogP contribution is 2.14. The van der Waals surface area contributed by atoms with Gasteiger partial charge >= 0.3 is 0 Å². The van der Waals surface area contributed by atoms with Gasteiger partial charge in [0.15, 0.2) is 0 Å². The van der Waals surface area contributed by atoms with Gasteiger partial charge in [0.2, 0.25) is 5.91 Å². The van der Waals surface area contributed by atoms with Gasteiger partial charge in [0.05, 0.1) is 17.6 Å². The highest BCUT2D eigenvalue weighted by atomic mass is 16.6. The smallest absolute Gasteiger partial charge is 0.269 e. The van der Waals surface area contributed by atoms with E-state index in [9.17, 15) is 14.9 Å². The molecule has 7 heteroatoms. The third-order valence-corrected chi connectivity index (χ3v) is 3.94. The second-order valence-electron chi connectivity index (χ2n) is 5.66. The van der Waals surface area contributed by atoms with Crippen molar-refractivity contribution < 1.29 is 9.72 Å². The zero-order chi connectivity index (χ0) is 18.9. The molecule has 0 spiro atoms. The van der Waals surface area contributed by atoms with Crippen molar-refractivity contribution in [2.24, 2.45) is 5.10 Å². The molecular weight excluding hydrogens is 332 g/mol. The largest absolute Gasteiger partial charge is 0.372 e. The highest BCUT2D eigenvalue weighted by Gasteiger charge is 2.06. The van der Waals surface area contributed by atoms with E-state index in [0.29, 0.717) is 5.56 Å². The van der Waals surface area contributed by atoms with E-state index in [0.717, 1.165) is 24.3 Å². The van der Waals surface area contributed by atoms with Crippen molar-refractivity contribution in [1.82, 2.24) is 5.43 Å². The fourth-order valence-corrected chi connectivity index (χ4v) is 2.50. The number of nitro benzene ring substituents is 1. The minimum absolute atomic E-state index is 0.000313. The van der Waals surface area contributed by atoms with Crippen molar-refractivity contribution in [2.45, 2.75) is 20.3 Å². The van der Waals surface area contributed by atoms with Crippen LogP contribution in [0.5, 0.6) is 0 Å². The molecule has 0 aliphatic carbocycles. The molecule has 1 N–H and O–H groups in total. The molecule has 0 aliphatic heterocycles. The summed E-state index contributed by atoms with van der Waals surface area (Å²) in [7, 11) is 0. The molecule has 0 bridgehead atoms. The summed E-state index contributed by atoms with van der Waals surface area (Å²) in [4.78, 5) is 24.3. The van der Waals surface area contributed by atoms with Crippen LogP contribution in [-0.4, -0.2) is 30.1 Å².